The van der Waals surface area contributed by atoms with Crippen molar-refractivity contribution in [1.82, 2.24) is 10.2 Å². The van der Waals surface area contributed by atoms with E-state index in [0.29, 0.717) is 5.56 Å². The Kier molecular flexibility index (Phi) is 10.0. The third-order valence-electron chi connectivity index (χ3n) is 5.15. The molecule has 1 aliphatic heterocycles. The summed E-state index contributed by atoms with van der Waals surface area (Å²) in [4.78, 5) is 38.5. The van der Waals surface area contributed by atoms with Gasteiger partial charge in [0.15, 0.2) is 0 Å². The molecule has 0 aliphatic carbocycles. The molecule has 2 aromatic carbocycles. The molecular formula is C23H23F2I2N2O5-. The summed E-state index contributed by atoms with van der Waals surface area (Å²) in [5.41, 5.74) is 1.46. The monoisotopic (exact) mass is 699 g/mol. The number of carbonyl (C=O) groups excluding carboxylic acids is 3. The molecule has 1 saturated heterocycles. The Labute approximate surface area is 219 Å². The van der Waals surface area contributed by atoms with Gasteiger partial charge in [-0.3, -0.25) is 0 Å². The first-order valence-electron chi connectivity index (χ1n) is 10.3. The predicted octanol–water partition coefficient (Wildman–Crippen LogP) is -0.138. The number of alkyl halides is 3. The minimum atomic E-state index is -1.56. The van der Waals surface area contributed by atoms with E-state index in [9.17, 15) is 23.2 Å². The summed E-state index contributed by atoms with van der Waals surface area (Å²) >= 11 is 1.13. The number of carbonyl (C=O) groups is 3. The van der Waals surface area contributed by atoms with Crippen LogP contribution in [0.15, 0.2) is 48.5 Å². The number of nitrogens with one attached hydrogen (secondary N) is 1. The van der Waals surface area contributed by atoms with Crippen LogP contribution in [0.3, 0.4) is 0 Å². The van der Waals surface area contributed by atoms with Crippen molar-refractivity contribution in [3.05, 3.63) is 69.0 Å². The number of benzene rings is 2. The van der Waals surface area contributed by atoms with Crippen molar-refractivity contribution in [2.75, 3.05) is 20.2 Å². The third-order valence-corrected chi connectivity index (χ3v) is 8.30. The molecule has 1 fully saturated rings. The van der Waals surface area contributed by atoms with Gasteiger partial charge in [-0.2, -0.15) is 0 Å². The summed E-state index contributed by atoms with van der Waals surface area (Å²) in [7, 11) is 1.21. The van der Waals surface area contributed by atoms with E-state index in [1.54, 1.807) is 24.3 Å². The van der Waals surface area contributed by atoms with E-state index in [-0.39, 0.29) is 46.5 Å². The Morgan fingerprint density at radius 2 is 1.85 bits per heavy atom. The van der Waals surface area contributed by atoms with Crippen molar-refractivity contribution in [3.63, 3.8) is 0 Å². The number of ether oxygens (including phenoxy) is 2. The van der Waals surface area contributed by atoms with Crippen LogP contribution in [0.4, 0.5) is 8.78 Å². The fourth-order valence-corrected chi connectivity index (χ4v) is 6.13. The quantitative estimate of drug-likeness (QED) is 0.224. The number of rotatable bonds is 9. The molecule has 1 aliphatic rings. The van der Waals surface area contributed by atoms with Crippen LogP contribution in [0.25, 0.3) is 0 Å². The first-order chi connectivity index (χ1) is 16.3. The molecule has 7 nitrogen and oxygen atoms in total. The Morgan fingerprint density at radius 3 is 2.47 bits per heavy atom. The van der Waals surface area contributed by atoms with Crippen molar-refractivity contribution in [3.8, 4) is 0 Å². The van der Waals surface area contributed by atoms with Gasteiger partial charge in [-0.1, -0.05) is 0 Å². The van der Waals surface area contributed by atoms with Crippen LogP contribution in [-0.2, 0) is 23.5 Å². The summed E-state index contributed by atoms with van der Waals surface area (Å²) < 4.78 is 36.4. The van der Waals surface area contributed by atoms with E-state index in [4.69, 9.17) is 9.47 Å². The van der Waals surface area contributed by atoms with E-state index in [1.165, 1.54) is 46.7 Å². The second-order valence-corrected chi connectivity index (χ2v) is 11.2. The number of hydrogen-bond acceptors (Lipinski definition) is 5. The molecule has 2 aromatic rings. The van der Waals surface area contributed by atoms with Crippen LogP contribution in [0.2, 0.25) is 0 Å². The van der Waals surface area contributed by atoms with Crippen molar-refractivity contribution in [2.45, 2.75) is 27.4 Å². The number of esters is 1. The molecule has 0 spiro atoms. The number of likely N-dealkylation sites (tertiary alicyclic amines) is 1. The molecule has 1 N–H and O–H groups in total. The number of hydrogen-bond donors (Lipinski definition) is 1. The van der Waals surface area contributed by atoms with E-state index in [2.05, 4.69) is 5.32 Å². The summed E-state index contributed by atoms with van der Waals surface area (Å²) in [6, 6.07) is 12.7. The van der Waals surface area contributed by atoms with Crippen LogP contribution < -0.4 is 26.5 Å². The van der Waals surface area contributed by atoms with Gasteiger partial charge in [-0.15, -0.1) is 0 Å². The molecule has 1 unspecified atom stereocenters. The van der Waals surface area contributed by atoms with Gasteiger partial charge in [-0.05, 0) is 22.6 Å². The van der Waals surface area contributed by atoms with Crippen LogP contribution in [0.5, 0.6) is 0 Å². The van der Waals surface area contributed by atoms with E-state index >= 15 is 0 Å². The Hall–Kier alpha value is -1.87. The minimum absolute atomic E-state index is 0.0315. The Morgan fingerprint density at radius 1 is 1.18 bits per heavy atom. The summed E-state index contributed by atoms with van der Waals surface area (Å²) in [5, 5.41) is 2.56. The molecule has 2 amide bonds. The van der Waals surface area contributed by atoms with Crippen LogP contribution in [0.1, 0.15) is 22.3 Å². The normalized spacial score (nSPS) is 18.5. The average Bonchev–Trinajstić information content (AvgIpc) is 3.25. The van der Waals surface area contributed by atoms with Crippen molar-refractivity contribution in [1.29, 1.82) is 0 Å². The van der Waals surface area contributed by atoms with E-state index in [1.807, 2.05) is 12.1 Å². The maximum atomic E-state index is 13.2. The fourth-order valence-electron chi connectivity index (χ4n) is 3.45. The molecular weight excluding hydrogens is 676 g/mol. The number of amides is 2. The standard InChI is InChI=1S/C23H23F2I2N2O5/c1-33-22(32)19-10-18(34-23(25)26)13-29(19)20(30)12-28-21(31)15-4-2-14(3-5-15)11-27-17-8-6-16(24)7-9-17/h2-9,18-19,23H,10-13H2,1H3,(H,28,31)/q-1/t18-,19+,23?/m1/s1. The molecule has 0 bridgehead atoms. The first kappa shape index (κ1) is 26.7. The van der Waals surface area contributed by atoms with Gasteiger partial charge in [0, 0.05) is 0 Å². The molecule has 3 atom stereocenters. The summed E-state index contributed by atoms with van der Waals surface area (Å²) in [6.07, 6.45) is -0.515. The molecule has 11 heteroatoms. The van der Waals surface area contributed by atoms with E-state index < -0.39 is 34.3 Å². The van der Waals surface area contributed by atoms with Crippen molar-refractivity contribution < 1.29 is 53.8 Å². The van der Waals surface area contributed by atoms with Gasteiger partial charge >= 0.3 is 168 Å². The summed E-state index contributed by atoms with van der Waals surface area (Å²) in [5.74, 6) is -1.78. The zero-order valence-corrected chi connectivity index (χ0v) is 22.5. The average molecular weight is 699 g/mol. The van der Waals surface area contributed by atoms with Crippen LogP contribution in [0, 0.1) is 9.39 Å². The Balaban J connectivity index is 1.52. The zero-order valence-electron chi connectivity index (χ0n) is 18.2. The second kappa shape index (κ2) is 12.7. The molecule has 0 aromatic heterocycles. The predicted molar refractivity (Wildman–Crippen MR) is 123 cm³/mol. The van der Waals surface area contributed by atoms with E-state index in [0.717, 1.165) is 13.6 Å². The van der Waals surface area contributed by atoms with Crippen molar-refractivity contribution >= 4 is 40.4 Å². The van der Waals surface area contributed by atoms with Gasteiger partial charge in [-0.25, -0.2) is 9.18 Å². The van der Waals surface area contributed by atoms with Gasteiger partial charge < -0.3 is 9.47 Å². The molecule has 0 saturated carbocycles. The fraction of sp³-hybridized carbons (Fsp3) is 0.348. The zero-order chi connectivity index (χ0) is 24.7. The van der Waals surface area contributed by atoms with Gasteiger partial charge in [0.05, 0.1) is 7.11 Å². The molecule has 3 rings (SSSR count). The van der Waals surface area contributed by atoms with Crippen LogP contribution in [-0.4, -0.2) is 59.4 Å². The molecule has 184 valence electrons. The van der Waals surface area contributed by atoms with Gasteiger partial charge in [0.2, 0.25) is 0 Å². The number of nitrogens with zero attached hydrogens (tertiary/aromatic N) is 1. The molecule has 34 heavy (non-hydrogen) atoms. The number of methoxy groups -OCH3 is 1. The van der Waals surface area contributed by atoms with Gasteiger partial charge in [0.25, 0.3) is 4.36 Å². The maximum absolute atomic E-state index is 13.2. The van der Waals surface area contributed by atoms with Crippen molar-refractivity contribution in [2.24, 2.45) is 0 Å². The topological polar surface area (TPSA) is 84.9 Å². The summed E-state index contributed by atoms with van der Waals surface area (Å²) in [6.45, 7) is -0.288. The first-order valence-corrected chi connectivity index (χ1v) is 14.1. The SMILES string of the molecule is COC(=O)[C@@H]1C[C@@H](OC(F)I)CN1C(=O)CNC(=O)c1ccc(C[I-]c2ccc(F)cc2)cc1. The molecule has 1 heterocycles. The van der Waals surface area contributed by atoms with Crippen LogP contribution >= 0.6 is 22.6 Å². The second-order valence-electron chi connectivity index (χ2n) is 7.42. The third kappa shape index (κ3) is 7.57. The molecule has 0 radical (unpaired) electrons. The Bertz CT molecular complexity index is 1010. The van der Waals surface area contributed by atoms with Gasteiger partial charge in [0.1, 0.15) is 0 Å². The number of halogens is 4.